The van der Waals surface area contributed by atoms with E-state index in [1.807, 2.05) is 12.1 Å². The Bertz CT molecular complexity index is 1070. The molecule has 156 valence electrons. The lowest BCUT2D eigenvalue weighted by Crippen LogP contribution is -2.39. The smallest absolute Gasteiger partial charge is 0.485 e. The lowest BCUT2D eigenvalue weighted by molar-refractivity contribution is -0.670. The highest BCUT2D eigenvalue weighted by atomic mass is 35.5. The van der Waals surface area contributed by atoms with Crippen LogP contribution >= 0.6 is 11.6 Å². The predicted molar refractivity (Wildman–Crippen MR) is 91.2 cm³/mol. The van der Waals surface area contributed by atoms with Gasteiger partial charge in [0.2, 0.25) is 0 Å². The van der Waals surface area contributed by atoms with E-state index in [1.54, 1.807) is 36.4 Å². The second-order valence-electron chi connectivity index (χ2n) is 5.81. The lowest BCUT2D eigenvalue weighted by Gasteiger charge is -2.26. The maximum Gasteiger partial charge on any atom is 0.485 e. The monoisotopic (exact) mass is 461 g/mol. The molecule has 0 saturated carbocycles. The number of rotatable bonds is 2. The number of nitrogens with zero attached hydrogens (tertiary/aromatic N) is 3. The summed E-state index contributed by atoms with van der Waals surface area (Å²) in [6, 6.07) is 5.61. The maximum absolute atomic E-state index is 12.5. The average Bonchev–Trinajstić information content (AvgIpc) is 3.00. The second-order valence-corrected chi connectivity index (χ2v) is 9.45. The first-order chi connectivity index (χ1) is 12.7. The minimum atomic E-state index is -6.09. The molecule has 1 aliphatic heterocycles. The Morgan fingerprint density at radius 1 is 1.18 bits per heavy atom. The van der Waals surface area contributed by atoms with E-state index in [9.17, 15) is 21.6 Å². The van der Waals surface area contributed by atoms with Crippen LogP contribution < -0.4 is 4.57 Å². The standard InChI is InChI=1S/C13H15ClN3O2S.CHF3O3S/c1-15-6-7-17(10-15)20(18,19)16-5-4-11-8-13(14)3-2-12(11)9-16;2-1(3,4)8(5,6)7/h2-3,6-8,10H,4-5,9H2,1H3;(H,5,6,7)/q+1;/p-1. The number of alkyl halides is 3. The van der Waals surface area contributed by atoms with Gasteiger partial charge in [0.05, 0.1) is 7.05 Å². The number of aromatic nitrogens is 2. The summed E-state index contributed by atoms with van der Waals surface area (Å²) in [5, 5.41) is 0.692. The van der Waals surface area contributed by atoms with Gasteiger partial charge in [-0.1, -0.05) is 17.7 Å². The van der Waals surface area contributed by atoms with Crippen molar-refractivity contribution < 1.29 is 39.1 Å². The number of imidazole rings is 1. The molecular weight excluding hydrogens is 447 g/mol. The molecule has 14 heteroatoms. The Hall–Kier alpha value is -1.67. The molecule has 0 amide bonds. The van der Waals surface area contributed by atoms with Crippen LogP contribution in [-0.4, -0.2) is 41.7 Å². The van der Waals surface area contributed by atoms with Crippen LogP contribution in [0.25, 0.3) is 0 Å². The molecule has 0 saturated heterocycles. The Morgan fingerprint density at radius 3 is 2.29 bits per heavy atom. The normalized spacial score (nSPS) is 15.5. The van der Waals surface area contributed by atoms with Crippen molar-refractivity contribution in [3.05, 3.63) is 53.1 Å². The van der Waals surface area contributed by atoms with E-state index >= 15 is 0 Å². The third-order valence-electron chi connectivity index (χ3n) is 3.77. The molecule has 0 spiro atoms. The van der Waals surface area contributed by atoms with Crippen LogP contribution in [0.1, 0.15) is 11.1 Å². The molecule has 0 N–H and O–H groups in total. The third-order valence-corrected chi connectivity index (χ3v) is 6.28. The molecule has 0 unspecified atom stereocenters. The van der Waals surface area contributed by atoms with Crippen molar-refractivity contribution in [2.24, 2.45) is 7.05 Å². The fraction of sp³-hybridized carbons (Fsp3) is 0.357. The topological polar surface area (TPSA) is 103 Å². The summed E-state index contributed by atoms with van der Waals surface area (Å²) >= 11 is 5.96. The summed E-state index contributed by atoms with van der Waals surface area (Å²) in [4.78, 5) is 0. The SMILES string of the molecule is C[n+]1ccn(S(=O)(=O)N2CCc3cc(Cl)ccc3C2)c1.O=S(=O)([O-])C(F)(F)F. The van der Waals surface area contributed by atoms with Crippen molar-refractivity contribution in [2.45, 2.75) is 18.5 Å². The predicted octanol–water partition coefficient (Wildman–Crippen LogP) is 1.17. The van der Waals surface area contributed by atoms with Gasteiger partial charge >= 0.3 is 15.7 Å². The number of hydrogen-bond donors (Lipinski definition) is 0. The molecule has 1 aromatic heterocycles. The zero-order valence-corrected chi connectivity index (χ0v) is 16.7. The number of benzene rings is 1. The molecule has 1 aliphatic rings. The van der Waals surface area contributed by atoms with E-state index < -0.39 is 25.8 Å². The van der Waals surface area contributed by atoms with Gasteiger partial charge < -0.3 is 4.55 Å². The van der Waals surface area contributed by atoms with Crippen LogP contribution in [0.3, 0.4) is 0 Å². The summed E-state index contributed by atoms with van der Waals surface area (Å²) in [7, 11) is -7.80. The third kappa shape index (κ3) is 5.23. The van der Waals surface area contributed by atoms with Gasteiger partial charge in [0.25, 0.3) is 6.33 Å². The van der Waals surface area contributed by atoms with Gasteiger partial charge in [0, 0.05) is 18.1 Å². The highest BCUT2D eigenvalue weighted by Crippen LogP contribution is 2.24. The summed E-state index contributed by atoms with van der Waals surface area (Å²) < 4.78 is 88.4. The van der Waals surface area contributed by atoms with Gasteiger partial charge in [-0.15, -0.1) is 3.97 Å². The maximum atomic E-state index is 12.5. The first-order valence-electron chi connectivity index (χ1n) is 7.55. The number of aryl methyl sites for hydroxylation is 1. The average molecular weight is 462 g/mol. The van der Waals surface area contributed by atoms with Crippen molar-refractivity contribution in [1.29, 1.82) is 0 Å². The molecule has 28 heavy (non-hydrogen) atoms. The molecule has 3 rings (SSSR count). The molecule has 1 aromatic carbocycles. The summed E-state index contributed by atoms with van der Waals surface area (Å²) in [5.41, 5.74) is -3.50. The fourth-order valence-corrected chi connectivity index (χ4v) is 3.95. The summed E-state index contributed by atoms with van der Waals surface area (Å²) in [6.45, 7) is 0.855. The zero-order valence-electron chi connectivity index (χ0n) is 14.3. The Labute approximate surface area is 164 Å². The first kappa shape index (κ1) is 22.6. The van der Waals surface area contributed by atoms with Crippen LogP contribution in [-0.2, 0) is 40.3 Å². The van der Waals surface area contributed by atoms with Crippen LogP contribution in [0.2, 0.25) is 5.02 Å². The van der Waals surface area contributed by atoms with Gasteiger partial charge in [-0.2, -0.15) is 25.9 Å². The van der Waals surface area contributed by atoms with Crippen LogP contribution in [0, 0.1) is 0 Å². The van der Waals surface area contributed by atoms with Crippen LogP contribution in [0.4, 0.5) is 13.2 Å². The highest BCUT2D eigenvalue weighted by Gasteiger charge is 2.37. The quantitative estimate of drug-likeness (QED) is 0.379. The molecule has 0 aliphatic carbocycles. The van der Waals surface area contributed by atoms with Crippen molar-refractivity contribution in [1.82, 2.24) is 8.28 Å². The molecule has 2 aromatic rings. The molecule has 0 radical (unpaired) electrons. The van der Waals surface area contributed by atoms with Gasteiger partial charge in [-0.3, -0.25) is 0 Å². The number of halogens is 4. The molecule has 8 nitrogen and oxygen atoms in total. The largest absolute Gasteiger partial charge is 0.741 e. The lowest BCUT2D eigenvalue weighted by atomic mass is 10.0. The van der Waals surface area contributed by atoms with E-state index in [4.69, 9.17) is 24.6 Å². The number of fused-ring (bicyclic) bond motifs is 1. The number of hydrogen-bond acceptors (Lipinski definition) is 5. The van der Waals surface area contributed by atoms with Gasteiger partial charge in [-0.25, -0.2) is 13.0 Å². The molecular formula is C14H15ClF3N3O5S2. The van der Waals surface area contributed by atoms with E-state index in [1.165, 1.54) is 8.28 Å². The fourth-order valence-electron chi connectivity index (χ4n) is 2.39. The van der Waals surface area contributed by atoms with Crippen molar-refractivity contribution in [2.75, 3.05) is 6.54 Å². The van der Waals surface area contributed by atoms with Crippen LogP contribution in [0.15, 0.2) is 36.9 Å². The van der Waals surface area contributed by atoms with Gasteiger partial charge in [0.15, 0.2) is 10.1 Å². The van der Waals surface area contributed by atoms with Crippen molar-refractivity contribution >= 4 is 31.9 Å². The Kier molecular flexibility index (Phi) is 6.45. The minimum Gasteiger partial charge on any atom is -0.741 e. The van der Waals surface area contributed by atoms with Crippen LogP contribution in [0.5, 0.6) is 0 Å². The van der Waals surface area contributed by atoms with E-state index in [2.05, 4.69) is 0 Å². The molecule has 2 heterocycles. The summed E-state index contributed by atoms with van der Waals surface area (Å²) in [6.07, 6.45) is 5.48. The zero-order chi connectivity index (χ0) is 21.3. The van der Waals surface area contributed by atoms with E-state index in [-0.39, 0.29) is 0 Å². The second kappa shape index (κ2) is 7.99. The molecule has 0 atom stereocenters. The Balaban J connectivity index is 0.000000300. The Morgan fingerprint density at radius 2 is 1.79 bits per heavy atom. The van der Waals surface area contributed by atoms with E-state index in [0.29, 0.717) is 24.5 Å². The van der Waals surface area contributed by atoms with Gasteiger partial charge in [0.1, 0.15) is 12.4 Å². The van der Waals surface area contributed by atoms with E-state index in [0.717, 1.165) is 11.1 Å². The van der Waals surface area contributed by atoms with Crippen molar-refractivity contribution in [3.8, 4) is 0 Å². The van der Waals surface area contributed by atoms with Crippen molar-refractivity contribution in [3.63, 3.8) is 0 Å². The minimum absolute atomic E-state index is 0.386. The highest BCUT2D eigenvalue weighted by molar-refractivity contribution is 7.87. The first-order valence-corrected chi connectivity index (χ1v) is 10.7. The van der Waals surface area contributed by atoms with Gasteiger partial charge in [-0.05, 0) is 29.7 Å². The molecule has 0 fully saturated rings. The molecule has 0 bridgehead atoms. The summed E-state index contributed by atoms with van der Waals surface area (Å²) in [5.74, 6) is 0.